The summed E-state index contributed by atoms with van der Waals surface area (Å²) in [6.45, 7) is 0.389. The van der Waals surface area contributed by atoms with Crippen molar-refractivity contribution in [2.45, 2.75) is 29.8 Å². The first-order valence-electron chi connectivity index (χ1n) is 6.64. The largest absolute Gasteiger partial charge is 0.387 e. The van der Waals surface area contributed by atoms with Gasteiger partial charge in [-0.2, -0.15) is 9.57 Å². The van der Waals surface area contributed by atoms with Crippen molar-refractivity contribution in [3.8, 4) is 6.07 Å². The number of β-amino-alcohol motifs (C(OH)–C–C–N with tert-alkyl or cyclic N) is 1. The summed E-state index contributed by atoms with van der Waals surface area (Å²) < 4.78 is 26.1. The van der Waals surface area contributed by atoms with E-state index >= 15 is 0 Å². The third-order valence-corrected chi connectivity index (χ3v) is 5.89. The van der Waals surface area contributed by atoms with Crippen LogP contribution >= 0.6 is 0 Å². The molecule has 0 amide bonds. The number of benzene rings is 1. The Morgan fingerprint density at radius 1 is 1.30 bits per heavy atom. The molecular formula is C14H16N2O3S. The molecule has 0 unspecified atom stereocenters. The molecule has 2 aliphatic rings. The second-order valence-electron chi connectivity index (χ2n) is 5.63. The standard InChI is InChI=1S/C14H16N2O3S/c15-8-7-11-1-5-13(6-2-11)20(18,19)16-9-14(17,10-16)12-3-4-12/h1-2,5-6,12,17H,3-4,7,9-10H2. The number of aliphatic hydroxyl groups is 1. The van der Waals surface area contributed by atoms with E-state index in [4.69, 9.17) is 5.26 Å². The van der Waals surface area contributed by atoms with Gasteiger partial charge in [0.15, 0.2) is 0 Å². The predicted molar refractivity (Wildman–Crippen MR) is 72.2 cm³/mol. The topological polar surface area (TPSA) is 81.4 Å². The Morgan fingerprint density at radius 2 is 1.90 bits per heavy atom. The number of hydrogen-bond acceptors (Lipinski definition) is 4. The van der Waals surface area contributed by atoms with Gasteiger partial charge in [0.2, 0.25) is 10.0 Å². The average Bonchev–Trinajstić information content (AvgIpc) is 3.20. The molecular weight excluding hydrogens is 276 g/mol. The molecule has 1 saturated heterocycles. The van der Waals surface area contributed by atoms with Gasteiger partial charge in [-0.1, -0.05) is 12.1 Å². The van der Waals surface area contributed by atoms with Gasteiger partial charge in [-0.25, -0.2) is 8.42 Å². The Kier molecular flexibility index (Phi) is 3.09. The molecule has 6 heteroatoms. The lowest BCUT2D eigenvalue weighted by Gasteiger charge is -2.45. The van der Waals surface area contributed by atoms with Crippen LogP contribution in [-0.4, -0.2) is 36.5 Å². The van der Waals surface area contributed by atoms with Crippen molar-refractivity contribution < 1.29 is 13.5 Å². The molecule has 0 aromatic heterocycles. The fourth-order valence-electron chi connectivity index (χ4n) is 2.63. The minimum Gasteiger partial charge on any atom is -0.387 e. The number of nitriles is 1. The van der Waals surface area contributed by atoms with E-state index in [0.717, 1.165) is 18.4 Å². The molecule has 20 heavy (non-hydrogen) atoms. The Hall–Kier alpha value is -1.42. The van der Waals surface area contributed by atoms with Crippen LogP contribution < -0.4 is 0 Å². The normalized spacial score (nSPS) is 22.0. The molecule has 1 aliphatic heterocycles. The molecule has 1 aromatic rings. The zero-order valence-corrected chi connectivity index (χ0v) is 11.8. The molecule has 0 atom stereocenters. The highest BCUT2D eigenvalue weighted by Gasteiger charge is 2.55. The first-order valence-corrected chi connectivity index (χ1v) is 8.08. The SMILES string of the molecule is N#CCc1ccc(S(=O)(=O)N2CC(O)(C3CC3)C2)cc1. The van der Waals surface area contributed by atoms with Crippen LogP contribution in [0.1, 0.15) is 18.4 Å². The van der Waals surface area contributed by atoms with E-state index in [-0.39, 0.29) is 30.3 Å². The van der Waals surface area contributed by atoms with Crippen LogP contribution in [-0.2, 0) is 16.4 Å². The van der Waals surface area contributed by atoms with E-state index in [0.29, 0.717) is 0 Å². The second-order valence-corrected chi connectivity index (χ2v) is 7.57. The van der Waals surface area contributed by atoms with Crippen molar-refractivity contribution in [2.24, 2.45) is 5.92 Å². The van der Waals surface area contributed by atoms with Crippen LogP contribution in [0.15, 0.2) is 29.2 Å². The summed E-state index contributed by atoms with van der Waals surface area (Å²) >= 11 is 0. The highest BCUT2D eigenvalue weighted by molar-refractivity contribution is 7.89. The molecule has 5 nitrogen and oxygen atoms in total. The van der Waals surface area contributed by atoms with Gasteiger partial charge in [0, 0.05) is 13.1 Å². The van der Waals surface area contributed by atoms with Crippen molar-refractivity contribution in [3.63, 3.8) is 0 Å². The molecule has 0 radical (unpaired) electrons. The zero-order valence-electron chi connectivity index (χ0n) is 11.0. The molecule has 1 N–H and O–H groups in total. The van der Waals surface area contributed by atoms with E-state index in [1.165, 1.54) is 16.4 Å². The summed E-state index contributed by atoms with van der Waals surface area (Å²) in [4.78, 5) is 0.219. The first kappa shape index (κ1) is 13.6. The molecule has 2 fully saturated rings. The smallest absolute Gasteiger partial charge is 0.243 e. The number of rotatable bonds is 4. The maximum atomic E-state index is 12.4. The summed E-state index contributed by atoms with van der Waals surface area (Å²) in [6.07, 6.45) is 2.26. The van der Waals surface area contributed by atoms with Gasteiger partial charge in [-0.05, 0) is 36.5 Å². The number of sulfonamides is 1. The Balaban J connectivity index is 1.74. The van der Waals surface area contributed by atoms with Crippen LogP contribution in [0.25, 0.3) is 0 Å². The van der Waals surface area contributed by atoms with Crippen molar-refractivity contribution in [3.05, 3.63) is 29.8 Å². The zero-order chi connectivity index (χ0) is 14.4. The van der Waals surface area contributed by atoms with Crippen LogP contribution in [0.4, 0.5) is 0 Å². The van der Waals surface area contributed by atoms with Gasteiger partial charge in [-0.15, -0.1) is 0 Å². The van der Waals surface area contributed by atoms with Gasteiger partial charge < -0.3 is 5.11 Å². The van der Waals surface area contributed by atoms with Gasteiger partial charge in [-0.3, -0.25) is 0 Å². The highest BCUT2D eigenvalue weighted by atomic mass is 32.2. The Labute approximate surface area is 118 Å². The van der Waals surface area contributed by atoms with E-state index in [2.05, 4.69) is 0 Å². The van der Waals surface area contributed by atoms with Gasteiger partial charge in [0.05, 0.1) is 23.0 Å². The summed E-state index contributed by atoms with van der Waals surface area (Å²) in [6, 6.07) is 8.38. The molecule has 3 rings (SSSR count). The van der Waals surface area contributed by atoms with Gasteiger partial charge >= 0.3 is 0 Å². The van der Waals surface area contributed by atoms with Crippen LogP contribution in [0.5, 0.6) is 0 Å². The van der Waals surface area contributed by atoms with Crippen molar-refractivity contribution in [1.29, 1.82) is 5.26 Å². The summed E-state index contributed by atoms with van der Waals surface area (Å²) in [5, 5.41) is 18.8. The lowest BCUT2D eigenvalue weighted by atomic mass is 9.91. The van der Waals surface area contributed by atoms with Gasteiger partial charge in [0.1, 0.15) is 0 Å². The van der Waals surface area contributed by atoms with E-state index in [9.17, 15) is 13.5 Å². The highest BCUT2D eigenvalue weighted by Crippen LogP contribution is 2.45. The molecule has 1 heterocycles. The quantitative estimate of drug-likeness (QED) is 0.894. The van der Waals surface area contributed by atoms with Gasteiger partial charge in [0.25, 0.3) is 0 Å². The monoisotopic (exact) mass is 292 g/mol. The minimum absolute atomic E-state index is 0.194. The number of nitrogens with zero attached hydrogens (tertiary/aromatic N) is 2. The minimum atomic E-state index is -3.52. The molecule has 0 bridgehead atoms. The van der Waals surface area contributed by atoms with Crippen LogP contribution in [0.3, 0.4) is 0 Å². The Bertz CT molecular complexity index is 651. The van der Waals surface area contributed by atoms with Crippen LogP contribution in [0, 0.1) is 17.2 Å². The average molecular weight is 292 g/mol. The summed E-state index contributed by atoms with van der Waals surface area (Å²) in [5.74, 6) is 0.270. The second kappa shape index (κ2) is 4.55. The fraction of sp³-hybridized carbons (Fsp3) is 0.500. The third kappa shape index (κ3) is 2.22. The maximum absolute atomic E-state index is 12.4. The van der Waals surface area contributed by atoms with Crippen molar-refractivity contribution in [2.75, 3.05) is 13.1 Å². The van der Waals surface area contributed by atoms with E-state index in [1.807, 2.05) is 6.07 Å². The summed E-state index contributed by atoms with van der Waals surface area (Å²) in [7, 11) is -3.52. The molecule has 1 aliphatic carbocycles. The molecule has 1 aromatic carbocycles. The van der Waals surface area contributed by atoms with E-state index < -0.39 is 15.6 Å². The Morgan fingerprint density at radius 3 is 2.40 bits per heavy atom. The summed E-state index contributed by atoms with van der Waals surface area (Å²) in [5.41, 5.74) is -0.0158. The van der Waals surface area contributed by atoms with Crippen LogP contribution in [0.2, 0.25) is 0 Å². The number of hydrogen-bond donors (Lipinski definition) is 1. The lowest BCUT2D eigenvalue weighted by Crippen LogP contribution is -2.64. The fourth-order valence-corrected chi connectivity index (χ4v) is 4.20. The maximum Gasteiger partial charge on any atom is 0.243 e. The molecule has 0 spiro atoms. The lowest BCUT2D eigenvalue weighted by molar-refractivity contribution is -0.0764. The van der Waals surface area contributed by atoms with E-state index in [1.54, 1.807) is 12.1 Å². The van der Waals surface area contributed by atoms with Crippen molar-refractivity contribution in [1.82, 2.24) is 4.31 Å². The predicted octanol–water partition coefficient (Wildman–Crippen LogP) is 0.898. The first-order chi connectivity index (χ1) is 9.45. The third-order valence-electron chi connectivity index (χ3n) is 4.08. The molecule has 106 valence electrons. The molecule has 1 saturated carbocycles. The van der Waals surface area contributed by atoms with Crippen molar-refractivity contribution >= 4 is 10.0 Å².